The summed E-state index contributed by atoms with van der Waals surface area (Å²) < 4.78 is 0. The van der Waals surface area contributed by atoms with Crippen LogP contribution in [-0.4, -0.2) is 6.54 Å². The van der Waals surface area contributed by atoms with E-state index in [0.29, 0.717) is 0 Å². The van der Waals surface area contributed by atoms with Crippen molar-refractivity contribution in [1.29, 1.82) is 5.26 Å². The number of hydrogen-bond acceptors (Lipinski definition) is 4. The van der Waals surface area contributed by atoms with Gasteiger partial charge in [0.05, 0.1) is 6.07 Å². The van der Waals surface area contributed by atoms with Crippen LogP contribution in [0.4, 0.5) is 0 Å². The third kappa shape index (κ3) is 9.67. The van der Waals surface area contributed by atoms with Crippen LogP contribution >= 0.6 is 0 Å². The van der Waals surface area contributed by atoms with Crippen molar-refractivity contribution in [3.8, 4) is 6.07 Å². The van der Waals surface area contributed by atoms with E-state index in [4.69, 9.17) is 11.1 Å². The number of nitriles is 1. The molecule has 0 heterocycles. The van der Waals surface area contributed by atoms with Crippen LogP contribution < -0.4 is 16.8 Å². The van der Waals surface area contributed by atoms with Gasteiger partial charge >= 0.3 is 0 Å². The predicted molar refractivity (Wildman–Crippen MR) is 62.4 cm³/mol. The van der Waals surface area contributed by atoms with Gasteiger partial charge in [0, 0.05) is 12.5 Å². The lowest BCUT2D eigenvalue weighted by molar-refractivity contribution is 0.475. The Bertz CT molecular complexity index is 164. The lowest BCUT2D eigenvalue weighted by Crippen LogP contribution is -2.38. The Hall–Kier alpha value is -0.630. The van der Waals surface area contributed by atoms with Crippen LogP contribution in [0.2, 0.25) is 0 Å². The molecule has 88 valence electrons. The van der Waals surface area contributed by atoms with Gasteiger partial charge in [-0.05, 0) is 19.3 Å². The van der Waals surface area contributed by atoms with Crippen LogP contribution in [0.5, 0.6) is 0 Å². The second kappa shape index (κ2) is 11.4. The molecule has 0 saturated heterocycles. The van der Waals surface area contributed by atoms with Crippen molar-refractivity contribution >= 4 is 0 Å². The molecule has 4 N–H and O–H groups in total. The molecule has 0 rings (SSSR count). The second-order valence-corrected chi connectivity index (χ2v) is 3.89. The number of hydrogen-bond donors (Lipinski definition) is 3. The highest BCUT2D eigenvalue weighted by atomic mass is 15.5. The first-order chi connectivity index (χ1) is 7.35. The molecule has 0 bridgehead atoms. The van der Waals surface area contributed by atoms with Crippen molar-refractivity contribution in [3.05, 3.63) is 0 Å². The maximum absolute atomic E-state index is 8.90. The number of nitrogens with zero attached hydrogens (tertiary/aromatic N) is 1. The van der Waals surface area contributed by atoms with Gasteiger partial charge in [-0.3, -0.25) is 5.84 Å². The molecule has 4 heteroatoms. The van der Waals surface area contributed by atoms with Crippen molar-refractivity contribution < 1.29 is 0 Å². The fourth-order valence-electron chi connectivity index (χ4n) is 1.58. The highest BCUT2D eigenvalue weighted by molar-refractivity contribution is 4.82. The predicted octanol–water partition coefficient (Wildman–Crippen LogP) is 1.84. The van der Waals surface area contributed by atoms with Gasteiger partial charge in [0.15, 0.2) is 0 Å². The Morgan fingerprint density at radius 2 is 1.93 bits per heavy atom. The molecule has 0 aliphatic rings. The molecule has 1 unspecified atom stereocenters. The number of hydrazine groups is 2. The van der Waals surface area contributed by atoms with E-state index >= 15 is 0 Å². The average Bonchev–Trinajstić information content (AvgIpc) is 2.27. The highest BCUT2D eigenvalue weighted by Gasteiger charge is 2.05. The zero-order chi connectivity index (χ0) is 11.4. The Balaban J connectivity index is 3.27. The molecule has 0 spiro atoms. The van der Waals surface area contributed by atoms with Crippen LogP contribution in [0, 0.1) is 17.2 Å². The number of nitrogens with one attached hydrogen (secondary N) is 2. The smallest absolute Gasteiger partial charge is 0.0655 e. The Labute approximate surface area is 93.2 Å². The molecule has 0 aliphatic heterocycles. The summed E-state index contributed by atoms with van der Waals surface area (Å²) in [5, 5.41) is 8.90. The standard InChI is InChI=1S/C11H24N4/c1-2-3-7-11(10-12)8-5-4-6-9-14-15-13/h11,14-15H,2-9,13H2,1H3. The van der Waals surface area contributed by atoms with E-state index in [1.54, 1.807) is 0 Å². The second-order valence-electron chi connectivity index (χ2n) is 3.89. The first-order valence-corrected chi connectivity index (χ1v) is 5.93. The van der Waals surface area contributed by atoms with Gasteiger partial charge < -0.3 is 0 Å². The van der Waals surface area contributed by atoms with Crippen molar-refractivity contribution in [3.63, 3.8) is 0 Å². The van der Waals surface area contributed by atoms with Crippen LogP contribution in [0.15, 0.2) is 0 Å². The van der Waals surface area contributed by atoms with E-state index < -0.39 is 0 Å². The lowest BCUT2D eigenvalue weighted by atomic mass is 9.97. The molecule has 0 aromatic rings. The molecule has 0 radical (unpaired) electrons. The van der Waals surface area contributed by atoms with E-state index in [2.05, 4.69) is 24.0 Å². The molecule has 15 heavy (non-hydrogen) atoms. The molecule has 0 aliphatic carbocycles. The molecule has 0 fully saturated rings. The minimum atomic E-state index is 0.269. The van der Waals surface area contributed by atoms with Crippen LogP contribution in [-0.2, 0) is 0 Å². The summed E-state index contributed by atoms with van der Waals surface area (Å²) in [6.07, 6.45) is 7.90. The molecule has 4 nitrogen and oxygen atoms in total. The summed E-state index contributed by atoms with van der Waals surface area (Å²) in [4.78, 5) is 0. The largest absolute Gasteiger partial charge is 0.258 e. The Kier molecular flexibility index (Phi) is 11.0. The molecule has 0 amide bonds. The molecule has 1 atom stereocenters. The quantitative estimate of drug-likeness (QED) is 0.293. The summed E-state index contributed by atoms with van der Waals surface area (Å²) in [5.41, 5.74) is 5.25. The molecular weight excluding hydrogens is 188 g/mol. The van der Waals surface area contributed by atoms with Crippen molar-refractivity contribution in [2.75, 3.05) is 6.54 Å². The number of rotatable bonds is 10. The fourth-order valence-corrected chi connectivity index (χ4v) is 1.58. The summed E-state index contributed by atoms with van der Waals surface area (Å²) in [7, 11) is 0. The zero-order valence-electron chi connectivity index (χ0n) is 9.76. The summed E-state index contributed by atoms with van der Waals surface area (Å²) in [5.74, 6) is 5.33. The van der Waals surface area contributed by atoms with Crippen molar-refractivity contribution in [2.45, 2.75) is 51.9 Å². The SMILES string of the molecule is CCCCC(C#N)CCCCCNNN. The van der Waals surface area contributed by atoms with Crippen molar-refractivity contribution in [2.24, 2.45) is 11.8 Å². The highest BCUT2D eigenvalue weighted by Crippen LogP contribution is 2.15. The third-order valence-electron chi connectivity index (χ3n) is 2.55. The average molecular weight is 212 g/mol. The first-order valence-electron chi connectivity index (χ1n) is 5.93. The van der Waals surface area contributed by atoms with E-state index in [1.165, 1.54) is 19.3 Å². The maximum Gasteiger partial charge on any atom is 0.0655 e. The first kappa shape index (κ1) is 14.4. The van der Waals surface area contributed by atoms with Crippen LogP contribution in [0.1, 0.15) is 51.9 Å². The number of nitrogens with two attached hydrogens (primary N) is 1. The van der Waals surface area contributed by atoms with Gasteiger partial charge in [0.1, 0.15) is 0 Å². The summed E-state index contributed by atoms with van der Waals surface area (Å²) >= 11 is 0. The van der Waals surface area contributed by atoms with Crippen LogP contribution in [0.25, 0.3) is 0 Å². The van der Waals surface area contributed by atoms with Gasteiger partial charge in [-0.15, -0.1) is 0 Å². The Morgan fingerprint density at radius 1 is 1.20 bits per heavy atom. The fraction of sp³-hybridized carbons (Fsp3) is 0.909. The van der Waals surface area contributed by atoms with Gasteiger partial charge in [-0.2, -0.15) is 10.8 Å². The molecule has 0 aromatic carbocycles. The molecule has 0 aromatic heterocycles. The van der Waals surface area contributed by atoms with Crippen LogP contribution in [0.3, 0.4) is 0 Å². The lowest BCUT2D eigenvalue weighted by Gasteiger charge is -2.07. The monoisotopic (exact) mass is 212 g/mol. The van der Waals surface area contributed by atoms with Crippen molar-refractivity contribution in [1.82, 2.24) is 11.0 Å². The summed E-state index contributed by atoms with van der Waals surface area (Å²) in [6.45, 7) is 3.06. The van der Waals surface area contributed by atoms with Gasteiger partial charge in [0.2, 0.25) is 0 Å². The van der Waals surface area contributed by atoms with Gasteiger partial charge in [0.25, 0.3) is 0 Å². The molecular formula is C11H24N4. The van der Waals surface area contributed by atoms with E-state index in [-0.39, 0.29) is 5.92 Å². The zero-order valence-corrected chi connectivity index (χ0v) is 9.76. The maximum atomic E-state index is 8.90. The molecule has 0 saturated carbocycles. The van der Waals surface area contributed by atoms with E-state index in [0.717, 1.165) is 32.2 Å². The minimum absolute atomic E-state index is 0.269. The summed E-state index contributed by atoms with van der Waals surface area (Å²) in [6, 6.07) is 2.39. The van der Waals surface area contributed by atoms with E-state index in [1.807, 2.05) is 0 Å². The van der Waals surface area contributed by atoms with Gasteiger partial charge in [-0.25, -0.2) is 5.43 Å². The third-order valence-corrected chi connectivity index (χ3v) is 2.55. The van der Waals surface area contributed by atoms with Gasteiger partial charge in [-0.1, -0.05) is 32.6 Å². The van der Waals surface area contributed by atoms with E-state index in [9.17, 15) is 0 Å². The topological polar surface area (TPSA) is 73.9 Å². The Morgan fingerprint density at radius 3 is 2.53 bits per heavy atom. The minimum Gasteiger partial charge on any atom is -0.258 e. The normalized spacial score (nSPS) is 12.3. The number of unbranched alkanes of at least 4 members (excludes halogenated alkanes) is 3.